The van der Waals surface area contributed by atoms with Gasteiger partial charge in [-0.3, -0.25) is 9.69 Å². The zero-order valence-electron chi connectivity index (χ0n) is 11.0. The van der Waals surface area contributed by atoms with Crippen LogP contribution < -0.4 is 0 Å². The van der Waals surface area contributed by atoms with Crippen LogP contribution in [0.1, 0.15) is 19.3 Å². The van der Waals surface area contributed by atoms with Crippen LogP contribution in [0.2, 0.25) is 0 Å². The highest BCUT2D eigenvalue weighted by atomic mass is 32.2. The number of amides is 1. The van der Waals surface area contributed by atoms with Crippen LogP contribution in [0, 0.1) is 5.92 Å². The van der Waals surface area contributed by atoms with Gasteiger partial charge in [0.25, 0.3) is 0 Å². The van der Waals surface area contributed by atoms with Crippen LogP contribution in [0.5, 0.6) is 0 Å². The third-order valence-electron chi connectivity index (χ3n) is 4.76. The predicted octanol–water partition coefficient (Wildman–Crippen LogP) is 0.407. The molecule has 0 aromatic rings. The highest BCUT2D eigenvalue weighted by molar-refractivity contribution is 8.00. The quantitative estimate of drug-likeness (QED) is 0.789. The van der Waals surface area contributed by atoms with Crippen LogP contribution in [0.25, 0.3) is 0 Å². The average Bonchev–Trinajstić information content (AvgIpc) is 2.93. The molecule has 1 spiro atoms. The van der Waals surface area contributed by atoms with Gasteiger partial charge in [0.05, 0.1) is 10.8 Å². The first-order valence-corrected chi connectivity index (χ1v) is 7.92. The van der Waals surface area contributed by atoms with Gasteiger partial charge < -0.3 is 10.0 Å². The summed E-state index contributed by atoms with van der Waals surface area (Å²) in [5.41, 5.74) is 0.173. The van der Waals surface area contributed by atoms with Crippen LogP contribution >= 0.6 is 11.8 Å². The molecule has 0 unspecified atom stereocenters. The molecule has 0 aliphatic carbocycles. The van der Waals surface area contributed by atoms with Gasteiger partial charge in [0.2, 0.25) is 5.91 Å². The van der Waals surface area contributed by atoms with E-state index in [-0.39, 0.29) is 17.4 Å². The Labute approximate surface area is 113 Å². The molecule has 2 atom stereocenters. The first-order chi connectivity index (χ1) is 8.64. The zero-order valence-corrected chi connectivity index (χ0v) is 11.8. The third kappa shape index (κ3) is 1.96. The van der Waals surface area contributed by atoms with Gasteiger partial charge in [-0.1, -0.05) is 0 Å². The molecule has 3 aliphatic rings. The maximum absolute atomic E-state index is 12.3. The van der Waals surface area contributed by atoms with Gasteiger partial charge in [0.15, 0.2) is 0 Å². The first-order valence-electron chi connectivity index (χ1n) is 6.87. The van der Waals surface area contributed by atoms with Crippen molar-refractivity contribution in [2.75, 3.05) is 39.0 Å². The number of likely N-dealkylation sites (N-methyl/N-ethyl adjacent to an activating group) is 1. The monoisotopic (exact) mass is 270 g/mol. The third-order valence-corrected chi connectivity index (χ3v) is 6.12. The van der Waals surface area contributed by atoms with E-state index in [0.29, 0.717) is 11.8 Å². The molecule has 4 nitrogen and oxygen atoms in total. The van der Waals surface area contributed by atoms with E-state index < -0.39 is 0 Å². The number of hydrogen-bond donors (Lipinski definition) is 1. The molecule has 1 amide bonds. The number of carbonyl (C=O) groups excluding carboxylic acids is 1. The van der Waals surface area contributed by atoms with Crippen LogP contribution in [-0.4, -0.2) is 70.6 Å². The Hall–Kier alpha value is -0.260. The SMILES string of the molecule is CN1C[C@@H](CO)CC12CN(C(=O)[C@@H]1CCCS1)C2. The minimum atomic E-state index is 0.173. The summed E-state index contributed by atoms with van der Waals surface area (Å²) in [6, 6.07) is 0. The Kier molecular flexibility index (Phi) is 3.32. The van der Waals surface area contributed by atoms with Crippen molar-refractivity contribution >= 4 is 17.7 Å². The van der Waals surface area contributed by atoms with E-state index in [1.165, 1.54) is 6.42 Å². The van der Waals surface area contributed by atoms with Gasteiger partial charge in [0, 0.05) is 26.2 Å². The summed E-state index contributed by atoms with van der Waals surface area (Å²) in [6.45, 7) is 2.99. The Morgan fingerprint density at radius 3 is 2.83 bits per heavy atom. The highest BCUT2D eigenvalue weighted by Crippen LogP contribution is 2.40. The van der Waals surface area contributed by atoms with E-state index in [1.807, 2.05) is 16.7 Å². The van der Waals surface area contributed by atoms with Gasteiger partial charge in [0.1, 0.15) is 0 Å². The second-order valence-corrected chi connectivity index (χ2v) is 7.36. The molecule has 3 fully saturated rings. The summed E-state index contributed by atoms with van der Waals surface area (Å²) in [4.78, 5) is 16.6. The van der Waals surface area contributed by atoms with E-state index >= 15 is 0 Å². The van der Waals surface area contributed by atoms with Gasteiger partial charge in [-0.2, -0.15) is 0 Å². The molecule has 3 heterocycles. The maximum Gasteiger partial charge on any atom is 0.235 e. The summed E-state index contributed by atoms with van der Waals surface area (Å²) in [5, 5.41) is 9.50. The average molecular weight is 270 g/mol. The van der Waals surface area contributed by atoms with E-state index in [4.69, 9.17) is 0 Å². The molecule has 0 aromatic heterocycles. The van der Waals surface area contributed by atoms with Crippen molar-refractivity contribution in [1.29, 1.82) is 0 Å². The zero-order chi connectivity index (χ0) is 12.8. The molecular weight excluding hydrogens is 248 g/mol. The largest absolute Gasteiger partial charge is 0.396 e. The molecule has 3 saturated heterocycles. The predicted molar refractivity (Wildman–Crippen MR) is 72.6 cm³/mol. The smallest absolute Gasteiger partial charge is 0.235 e. The van der Waals surface area contributed by atoms with Crippen molar-refractivity contribution < 1.29 is 9.90 Å². The summed E-state index contributed by atoms with van der Waals surface area (Å²) >= 11 is 1.82. The molecule has 0 bridgehead atoms. The second-order valence-electron chi connectivity index (χ2n) is 6.05. The van der Waals surface area contributed by atoms with Crippen LogP contribution in [0.3, 0.4) is 0 Å². The Morgan fingerprint density at radius 2 is 2.28 bits per heavy atom. The molecular formula is C13H22N2O2S. The lowest BCUT2D eigenvalue weighted by molar-refractivity contribution is -0.142. The Bertz CT molecular complexity index is 338. The Balaban J connectivity index is 1.57. The normalized spacial score (nSPS) is 35.1. The minimum absolute atomic E-state index is 0.173. The Morgan fingerprint density at radius 1 is 1.50 bits per heavy atom. The van der Waals surface area contributed by atoms with Crippen molar-refractivity contribution in [3.05, 3.63) is 0 Å². The van der Waals surface area contributed by atoms with Gasteiger partial charge >= 0.3 is 0 Å². The van der Waals surface area contributed by atoms with E-state index in [2.05, 4.69) is 11.9 Å². The molecule has 102 valence electrons. The van der Waals surface area contributed by atoms with Crippen molar-refractivity contribution in [3.8, 4) is 0 Å². The lowest BCUT2D eigenvalue weighted by Gasteiger charge is -2.52. The number of likely N-dealkylation sites (tertiary alicyclic amines) is 2. The fraction of sp³-hybridized carbons (Fsp3) is 0.923. The van der Waals surface area contributed by atoms with Crippen molar-refractivity contribution in [2.45, 2.75) is 30.1 Å². The van der Waals surface area contributed by atoms with Crippen molar-refractivity contribution in [2.24, 2.45) is 5.92 Å². The number of carbonyl (C=O) groups is 1. The maximum atomic E-state index is 12.3. The molecule has 18 heavy (non-hydrogen) atoms. The first kappa shape index (κ1) is 12.8. The molecule has 0 radical (unpaired) electrons. The molecule has 5 heteroatoms. The van der Waals surface area contributed by atoms with Gasteiger partial charge in [-0.05, 0) is 38.0 Å². The molecule has 1 N–H and O–H groups in total. The van der Waals surface area contributed by atoms with E-state index in [1.54, 1.807) is 0 Å². The molecule has 3 rings (SSSR count). The molecule has 0 aromatic carbocycles. The van der Waals surface area contributed by atoms with Gasteiger partial charge in [-0.15, -0.1) is 11.8 Å². The lowest BCUT2D eigenvalue weighted by Crippen LogP contribution is -2.69. The van der Waals surface area contributed by atoms with Gasteiger partial charge in [-0.25, -0.2) is 0 Å². The molecule has 0 saturated carbocycles. The summed E-state index contributed by atoms with van der Waals surface area (Å²) in [7, 11) is 2.13. The molecule has 3 aliphatic heterocycles. The van der Waals surface area contributed by atoms with Crippen molar-refractivity contribution in [1.82, 2.24) is 9.80 Å². The number of thioether (sulfide) groups is 1. The fourth-order valence-corrected chi connectivity index (χ4v) is 4.87. The van der Waals surface area contributed by atoms with Crippen molar-refractivity contribution in [3.63, 3.8) is 0 Å². The second kappa shape index (κ2) is 4.69. The fourth-order valence-electron chi connectivity index (χ4n) is 3.63. The minimum Gasteiger partial charge on any atom is -0.396 e. The van der Waals surface area contributed by atoms with Crippen LogP contribution in [-0.2, 0) is 4.79 Å². The summed E-state index contributed by atoms with van der Waals surface area (Å²) < 4.78 is 0. The number of rotatable bonds is 2. The standard InChI is InChI=1S/C13H22N2O2S/c1-14-6-10(7-16)5-13(14)8-15(9-13)12(17)11-3-2-4-18-11/h10-11,16H,2-9H2,1H3/t10-,11-/m0/s1. The highest BCUT2D eigenvalue weighted by Gasteiger charge is 2.53. The van der Waals surface area contributed by atoms with Crippen LogP contribution in [0.4, 0.5) is 0 Å². The lowest BCUT2D eigenvalue weighted by atomic mass is 9.84. The van der Waals surface area contributed by atoms with Crippen LogP contribution in [0.15, 0.2) is 0 Å². The number of nitrogens with zero attached hydrogens (tertiary/aromatic N) is 2. The number of aliphatic hydroxyl groups is 1. The number of hydrogen-bond acceptors (Lipinski definition) is 4. The van der Waals surface area contributed by atoms with E-state index in [0.717, 1.165) is 38.2 Å². The number of aliphatic hydroxyl groups excluding tert-OH is 1. The summed E-state index contributed by atoms with van der Waals surface area (Å²) in [5.74, 6) is 1.89. The summed E-state index contributed by atoms with van der Waals surface area (Å²) in [6.07, 6.45) is 3.29. The topological polar surface area (TPSA) is 43.8 Å². The van der Waals surface area contributed by atoms with E-state index in [9.17, 15) is 9.90 Å².